The third kappa shape index (κ3) is 2.76. The highest BCUT2D eigenvalue weighted by Gasteiger charge is 2.14. The molecule has 0 aliphatic rings. The van der Waals surface area contributed by atoms with Crippen LogP contribution in [0.3, 0.4) is 0 Å². The average Bonchev–Trinajstić information content (AvgIpc) is 2.22. The first-order valence-corrected chi connectivity index (χ1v) is 4.30. The molecule has 0 aromatic carbocycles. The number of hydrogen-bond acceptors (Lipinski definition) is 5. The first kappa shape index (κ1) is 11.2. The third-order valence-electron chi connectivity index (χ3n) is 1.76. The van der Waals surface area contributed by atoms with Crippen LogP contribution in [-0.4, -0.2) is 29.0 Å². The van der Waals surface area contributed by atoms with Gasteiger partial charge in [-0.25, -0.2) is 9.37 Å². The quantitative estimate of drug-likeness (QED) is 0.643. The molecule has 1 amide bonds. The van der Waals surface area contributed by atoms with Crippen LogP contribution in [0.4, 0.5) is 16.2 Å². The van der Waals surface area contributed by atoms with E-state index in [-0.39, 0.29) is 17.7 Å². The number of rotatable bonds is 3. The zero-order valence-electron chi connectivity index (χ0n) is 8.41. The lowest BCUT2D eigenvalue weighted by molar-refractivity contribution is -0.121. The van der Waals surface area contributed by atoms with Crippen LogP contribution >= 0.6 is 0 Å². The van der Waals surface area contributed by atoms with E-state index >= 15 is 0 Å². The van der Waals surface area contributed by atoms with Crippen LogP contribution in [0, 0.1) is 5.82 Å². The Bertz CT molecular complexity index is 370. The highest BCUT2D eigenvalue weighted by Crippen LogP contribution is 2.11. The summed E-state index contributed by atoms with van der Waals surface area (Å²) < 4.78 is 13.1. The molecule has 0 saturated carbocycles. The first-order valence-electron chi connectivity index (χ1n) is 4.30. The molecule has 0 saturated heterocycles. The molecule has 7 heteroatoms. The van der Waals surface area contributed by atoms with Gasteiger partial charge < -0.3 is 16.4 Å². The van der Waals surface area contributed by atoms with E-state index < -0.39 is 11.9 Å². The summed E-state index contributed by atoms with van der Waals surface area (Å²) in [4.78, 5) is 18.2. The molecule has 0 fully saturated rings. The molecule has 0 bridgehead atoms. The summed E-state index contributed by atoms with van der Waals surface area (Å²) in [7, 11) is 1.49. The predicted octanol–water partition coefficient (Wildman–Crippen LogP) is -0.256. The van der Waals surface area contributed by atoms with Crippen molar-refractivity contribution in [3.8, 4) is 0 Å². The van der Waals surface area contributed by atoms with Gasteiger partial charge in [-0.3, -0.25) is 4.79 Å². The zero-order chi connectivity index (χ0) is 11.4. The van der Waals surface area contributed by atoms with Crippen LogP contribution in [0.2, 0.25) is 0 Å². The van der Waals surface area contributed by atoms with E-state index in [9.17, 15) is 9.18 Å². The van der Waals surface area contributed by atoms with Gasteiger partial charge in [0.05, 0.1) is 6.20 Å². The normalized spacial score (nSPS) is 11.9. The van der Waals surface area contributed by atoms with Crippen molar-refractivity contribution in [2.45, 2.75) is 13.0 Å². The standard InChI is InChI=1S/C8H12FN5O/c1-4(7(15)11-2)13-6-5(9)3-12-8(10)14-6/h3-4H,1-2H3,(H,11,15)(H3,10,12,13,14). The monoisotopic (exact) mass is 213 g/mol. The van der Waals surface area contributed by atoms with E-state index in [0.717, 1.165) is 6.20 Å². The highest BCUT2D eigenvalue weighted by molar-refractivity contribution is 5.83. The second-order valence-electron chi connectivity index (χ2n) is 2.91. The average molecular weight is 213 g/mol. The fourth-order valence-corrected chi connectivity index (χ4v) is 0.969. The summed E-state index contributed by atoms with van der Waals surface area (Å²) in [6.45, 7) is 1.58. The van der Waals surface area contributed by atoms with Gasteiger partial charge in [-0.1, -0.05) is 0 Å². The number of amides is 1. The van der Waals surface area contributed by atoms with Crippen molar-refractivity contribution in [1.29, 1.82) is 0 Å². The molecule has 15 heavy (non-hydrogen) atoms. The lowest BCUT2D eigenvalue weighted by Gasteiger charge is -2.13. The molecular formula is C8H12FN5O. The van der Waals surface area contributed by atoms with Crippen LogP contribution in [0.1, 0.15) is 6.92 Å². The molecule has 0 spiro atoms. The predicted molar refractivity (Wildman–Crippen MR) is 53.6 cm³/mol. The number of carbonyl (C=O) groups excluding carboxylic acids is 1. The summed E-state index contributed by atoms with van der Waals surface area (Å²) >= 11 is 0. The number of nitrogens with zero attached hydrogens (tertiary/aromatic N) is 2. The van der Waals surface area contributed by atoms with Crippen LogP contribution in [0.5, 0.6) is 0 Å². The molecule has 0 aliphatic carbocycles. The molecule has 82 valence electrons. The maximum absolute atomic E-state index is 13.1. The van der Waals surface area contributed by atoms with Gasteiger partial charge in [0.15, 0.2) is 11.6 Å². The van der Waals surface area contributed by atoms with Crippen LogP contribution in [0.15, 0.2) is 6.20 Å². The number of likely N-dealkylation sites (N-methyl/N-ethyl adjacent to an activating group) is 1. The number of nitrogens with two attached hydrogens (primary N) is 1. The number of anilines is 2. The van der Waals surface area contributed by atoms with E-state index in [0.29, 0.717) is 0 Å². The molecular weight excluding hydrogens is 201 g/mol. The van der Waals surface area contributed by atoms with Crippen molar-refractivity contribution in [2.75, 3.05) is 18.1 Å². The Kier molecular flexibility index (Phi) is 3.37. The number of hydrogen-bond donors (Lipinski definition) is 3. The zero-order valence-corrected chi connectivity index (χ0v) is 8.41. The van der Waals surface area contributed by atoms with Crippen molar-refractivity contribution in [1.82, 2.24) is 15.3 Å². The van der Waals surface area contributed by atoms with Crippen molar-refractivity contribution >= 4 is 17.7 Å². The van der Waals surface area contributed by atoms with Gasteiger partial charge in [0, 0.05) is 7.05 Å². The molecule has 1 aromatic heterocycles. The second-order valence-corrected chi connectivity index (χ2v) is 2.91. The number of aromatic nitrogens is 2. The van der Waals surface area contributed by atoms with Gasteiger partial charge >= 0.3 is 0 Å². The number of nitrogen functional groups attached to an aromatic ring is 1. The highest BCUT2D eigenvalue weighted by atomic mass is 19.1. The number of nitrogens with one attached hydrogen (secondary N) is 2. The molecule has 1 rings (SSSR count). The van der Waals surface area contributed by atoms with E-state index in [1.807, 2.05) is 0 Å². The van der Waals surface area contributed by atoms with Crippen molar-refractivity contribution < 1.29 is 9.18 Å². The minimum atomic E-state index is -0.653. The maximum Gasteiger partial charge on any atom is 0.241 e. The van der Waals surface area contributed by atoms with Crippen molar-refractivity contribution in [3.05, 3.63) is 12.0 Å². The van der Waals surface area contributed by atoms with Gasteiger partial charge in [-0.15, -0.1) is 0 Å². The minimum absolute atomic E-state index is 0.0528. The molecule has 1 atom stereocenters. The first-order chi connectivity index (χ1) is 7.04. The van der Waals surface area contributed by atoms with Gasteiger partial charge in [-0.2, -0.15) is 4.98 Å². The Labute approximate surface area is 86.1 Å². The third-order valence-corrected chi connectivity index (χ3v) is 1.76. The van der Waals surface area contributed by atoms with Crippen molar-refractivity contribution in [2.24, 2.45) is 0 Å². The largest absolute Gasteiger partial charge is 0.368 e. The number of halogens is 1. The van der Waals surface area contributed by atoms with E-state index in [4.69, 9.17) is 5.73 Å². The molecule has 6 nitrogen and oxygen atoms in total. The van der Waals surface area contributed by atoms with Crippen LogP contribution in [-0.2, 0) is 4.79 Å². The Balaban J connectivity index is 2.80. The summed E-state index contributed by atoms with van der Waals surface area (Å²) in [5, 5.41) is 5.00. The van der Waals surface area contributed by atoms with E-state index in [2.05, 4.69) is 20.6 Å². The smallest absolute Gasteiger partial charge is 0.241 e. The summed E-state index contributed by atoms with van der Waals surface area (Å²) in [5.74, 6) is -1.06. The Morgan fingerprint density at radius 3 is 2.93 bits per heavy atom. The molecule has 1 unspecified atom stereocenters. The van der Waals surface area contributed by atoms with E-state index in [1.165, 1.54) is 7.05 Å². The summed E-state index contributed by atoms with van der Waals surface area (Å²) in [6.07, 6.45) is 0.946. The van der Waals surface area contributed by atoms with Gasteiger partial charge in [0.2, 0.25) is 11.9 Å². The van der Waals surface area contributed by atoms with E-state index in [1.54, 1.807) is 6.92 Å². The molecule has 0 aliphatic heterocycles. The summed E-state index contributed by atoms with van der Waals surface area (Å²) in [6, 6.07) is -0.598. The summed E-state index contributed by atoms with van der Waals surface area (Å²) in [5.41, 5.74) is 5.28. The minimum Gasteiger partial charge on any atom is -0.368 e. The van der Waals surface area contributed by atoms with Crippen molar-refractivity contribution in [3.63, 3.8) is 0 Å². The maximum atomic E-state index is 13.1. The van der Waals surface area contributed by atoms with Gasteiger partial charge in [-0.05, 0) is 6.92 Å². The topological polar surface area (TPSA) is 92.9 Å². The lowest BCUT2D eigenvalue weighted by Crippen LogP contribution is -2.35. The molecule has 4 N–H and O–H groups in total. The molecule has 1 heterocycles. The number of carbonyl (C=O) groups is 1. The van der Waals surface area contributed by atoms with Crippen LogP contribution < -0.4 is 16.4 Å². The fourth-order valence-electron chi connectivity index (χ4n) is 0.969. The van der Waals surface area contributed by atoms with Gasteiger partial charge in [0.25, 0.3) is 0 Å². The Hall–Kier alpha value is -1.92. The SMILES string of the molecule is CNC(=O)C(C)Nc1nc(N)ncc1F. The van der Waals surface area contributed by atoms with Crippen LogP contribution in [0.25, 0.3) is 0 Å². The molecule has 0 radical (unpaired) electrons. The Morgan fingerprint density at radius 2 is 2.33 bits per heavy atom. The van der Waals surface area contributed by atoms with Gasteiger partial charge in [0.1, 0.15) is 6.04 Å². The lowest BCUT2D eigenvalue weighted by atomic mass is 10.3. The molecule has 1 aromatic rings. The Morgan fingerprint density at radius 1 is 1.67 bits per heavy atom. The second kappa shape index (κ2) is 4.54. The fraction of sp³-hybridized carbons (Fsp3) is 0.375.